The van der Waals surface area contributed by atoms with Gasteiger partial charge in [-0.05, 0) is 0 Å². The fourth-order valence-electron chi connectivity index (χ4n) is 4.94. The second kappa shape index (κ2) is 12.8. The number of esters is 1. The molecular formula is C28H34O11. The Morgan fingerprint density at radius 1 is 0.692 bits per heavy atom. The molecule has 3 N–H and O–H groups in total. The molecule has 4 heterocycles. The lowest BCUT2D eigenvalue weighted by atomic mass is 9.99. The van der Waals surface area contributed by atoms with Crippen LogP contribution in [0.1, 0.15) is 30.6 Å². The summed E-state index contributed by atoms with van der Waals surface area (Å²) in [6, 6.07) is 19.0. The molecule has 2 aromatic carbocycles. The third-order valence-corrected chi connectivity index (χ3v) is 6.98. The molecule has 0 aliphatic carbocycles. The zero-order valence-electron chi connectivity index (χ0n) is 21.5. The zero-order valence-corrected chi connectivity index (χ0v) is 21.5. The topological polar surface area (TPSA) is 142 Å². The number of hydrogen-bond donors (Lipinski definition) is 3. The highest BCUT2D eigenvalue weighted by molar-refractivity contribution is 5.66. The molecule has 11 heteroatoms. The van der Waals surface area contributed by atoms with Crippen LogP contribution < -0.4 is 0 Å². The summed E-state index contributed by atoms with van der Waals surface area (Å²) < 4.78 is 38.7. The van der Waals surface area contributed by atoms with Crippen molar-refractivity contribution in [1.29, 1.82) is 0 Å². The zero-order chi connectivity index (χ0) is 27.4. The molecule has 0 spiro atoms. The molecule has 0 saturated carbocycles. The molecule has 4 saturated heterocycles. The van der Waals surface area contributed by atoms with Crippen LogP contribution in [0.5, 0.6) is 0 Å². The van der Waals surface area contributed by atoms with E-state index in [1.807, 2.05) is 60.7 Å². The smallest absolute Gasteiger partial charge is 0.303 e. The van der Waals surface area contributed by atoms with E-state index in [2.05, 4.69) is 0 Å². The quantitative estimate of drug-likeness (QED) is 0.475. The van der Waals surface area contributed by atoms with Crippen molar-refractivity contribution in [2.75, 3.05) is 26.4 Å². The molecule has 212 valence electrons. The summed E-state index contributed by atoms with van der Waals surface area (Å²) in [7, 11) is 0. The fourth-order valence-corrected chi connectivity index (χ4v) is 4.94. The van der Waals surface area contributed by atoms with Crippen LogP contribution in [0.2, 0.25) is 0 Å². The van der Waals surface area contributed by atoms with Gasteiger partial charge in [-0.1, -0.05) is 60.7 Å². The van der Waals surface area contributed by atoms with E-state index in [-0.39, 0.29) is 25.4 Å². The fraction of sp³-hybridized carbons (Fsp3) is 0.536. The van der Waals surface area contributed by atoms with Gasteiger partial charge in [0.25, 0.3) is 0 Å². The van der Waals surface area contributed by atoms with Crippen LogP contribution in [0.25, 0.3) is 0 Å². The largest absolute Gasteiger partial charge is 0.457 e. The van der Waals surface area contributed by atoms with Crippen LogP contribution in [0.4, 0.5) is 0 Å². The lowest BCUT2D eigenvalue weighted by Gasteiger charge is -2.44. The van der Waals surface area contributed by atoms with Gasteiger partial charge in [-0.3, -0.25) is 4.79 Å². The van der Waals surface area contributed by atoms with Gasteiger partial charge in [0.2, 0.25) is 0 Å². The first kappa shape index (κ1) is 28.1. The van der Waals surface area contributed by atoms with Crippen LogP contribution in [0.3, 0.4) is 0 Å². The van der Waals surface area contributed by atoms with E-state index in [0.717, 1.165) is 11.1 Å². The molecule has 4 aliphatic heterocycles. The highest BCUT2D eigenvalue weighted by atomic mass is 16.7. The van der Waals surface area contributed by atoms with Gasteiger partial charge in [0.05, 0.1) is 26.4 Å². The maximum atomic E-state index is 11.0. The first-order chi connectivity index (χ1) is 18.9. The Bertz CT molecular complexity index is 1050. The molecule has 2 aromatic rings. The molecule has 4 aliphatic rings. The number of aliphatic hydroxyl groups excluding tert-OH is 3. The Hall–Kier alpha value is -2.45. The van der Waals surface area contributed by atoms with Crippen molar-refractivity contribution < 1.29 is 53.3 Å². The summed E-state index contributed by atoms with van der Waals surface area (Å²) in [5.41, 5.74) is 1.76. The predicted molar refractivity (Wildman–Crippen MR) is 133 cm³/mol. The van der Waals surface area contributed by atoms with Gasteiger partial charge >= 0.3 is 5.97 Å². The van der Waals surface area contributed by atoms with Crippen LogP contribution in [0, 0.1) is 0 Å². The van der Waals surface area contributed by atoms with Crippen LogP contribution >= 0.6 is 0 Å². The maximum Gasteiger partial charge on any atom is 0.303 e. The number of carbonyl (C=O) groups excluding carboxylic acids is 1. The van der Waals surface area contributed by atoms with Crippen LogP contribution in [-0.4, -0.2) is 96.5 Å². The lowest BCUT2D eigenvalue weighted by Crippen LogP contribution is -2.59. The molecule has 2 unspecified atom stereocenters. The van der Waals surface area contributed by atoms with Crippen molar-refractivity contribution in [3.8, 4) is 0 Å². The van der Waals surface area contributed by atoms with E-state index >= 15 is 0 Å². The van der Waals surface area contributed by atoms with E-state index in [9.17, 15) is 20.1 Å². The van der Waals surface area contributed by atoms with E-state index in [4.69, 9.17) is 33.2 Å². The van der Waals surface area contributed by atoms with Crippen LogP contribution in [0.15, 0.2) is 60.7 Å². The summed E-state index contributed by atoms with van der Waals surface area (Å²) in [4.78, 5) is 11.0. The summed E-state index contributed by atoms with van der Waals surface area (Å²) in [5, 5.41) is 29.8. The van der Waals surface area contributed by atoms with Gasteiger partial charge in [0.1, 0.15) is 42.7 Å². The number of benzene rings is 2. The normalized spacial score (nSPS) is 37.8. The SMILES string of the molecule is CC(=O)O[C@H]1CO[C@@H]2COC(c3ccccc3)O[C@H]2[C@H]1O.O[C@@H]1[C@@H]2OC(c3ccccc3)OC[C@H]2OC[C@@H]1O. The van der Waals surface area contributed by atoms with Crippen LogP contribution in [-0.2, 0) is 38.0 Å². The predicted octanol–water partition coefficient (Wildman–Crippen LogP) is 1.01. The van der Waals surface area contributed by atoms with Gasteiger partial charge in [0.15, 0.2) is 18.7 Å². The third kappa shape index (κ3) is 6.65. The Kier molecular flexibility index (Phi) is 9.23. The van der Waals surface area contributed by atoms with E-state index in [1.54, 1.807) is 0 Å². The number of carbonyl (C=O) groups is 1. The molecule has 0 bridgehead atoms. The van der Waals surface area contributed by atoms with E-state index in [1.165, 1.54) is 6.92 Å². The van der Waals surface area contributed by atoms with E-state index in [0.29, 0.717) is 13.2 Å². The number of rotatable bonds is 3. The van der Waals surface area contributed by atoms with Gasteiger partial charge in [-0.25, -0.2) is 0 Å². The average Bonchev–Trinajstić information content (AvgIpc) is 2.97. The van der Waals surface area contributed by atoms with Gasteiger partial charge in [0, 0.05) is 18.1 Å². The van der Waals surface area contributed by atoms with E-state index < -0.39 is 55.2 Å². The van der Waals surface area contributed by atoms with Gasteiger partial charge in [-0.15, -0.1) is 0 Å². The van der Waals surface area contributed by atoms with Crippen molar-refractivity contribution in [2.24, 2.45) is 0 Å². The second-order valence-corrected chi connectivity index (χ2v) is 9.79. The van der Waals surface area contributed by atoms with Crippen molar-refractivity contribution in [3.05, 3.63) is 71.8 Å². The number of hydrogen-bond acceptors (Lipinski definition) is 11. The third-order valence-electron chi connectivity index (χ3n) is 6.98. The Morgan fingerprint density at radius 3 is 1.69 bits per heavy atom. The average molecular weight is 547 g/mol. The number of aliphatic hydroxyl groups is 3. The molecular weight excluding hydrogens is 512 g/mol. The van der Waals surface area contributed by atoms with Crippen molar-refractivity contribution in [2.45, 2.75) is 68.3 Å². The first-order valence-corrected chi connectivity index (χ1v) is 13.0. The van der Waals surface area contributed by atoms with Crippen molar-refractivity contribution in [3.63, 3.8) is 0 Å². The molecule has 0 amide bonds. The highest BCUT2D eigenvalue weighted by Gasteiger charge is 2.46. The summed E-state index contributed by atoms with van der Waals surface area (Å²) in [6.07, 6.45) is -6.34. The summed E-state index contributed by atoms with van der Waals surface area (Å²) in [5.74, 6) is -0.451. The van der Waals surface area contributed by atoms with Gasteiger partial charge in [-0.2, -0.15) is 0 Å². The van der Waals surface area contributed by atoms with Crippen molar-refractivity contribution >= 4 is 5.97 Å². The first-order valence-electron chi connectivity index (χ1n) is 13.0. The molecule has 10 atom stereocenters. The standard InChI is InChI=1S/C15H18O6.C13H16O5/c1-9(16)20-11-7-18-12-8-19-15(21-14(12)13(11)17)10-5-3-2-4-6-10;14-9-6-16-10-7-17-13(18-12(10)11(9)15)8-4-2-1-3-5-8/h2-6,11-15,17H,7-8H2,1H3;1-5,9-15H,6-7H2/t11-,12+,13-,14+,15?;9-,10+,11-,12+,13?/m00/s1. The molecule has 11 nitrogen and oxygen atoms in total. The second-order valence-electron chi connectivity index (χ2n) is 9.79. The molecule has 6 rings (SSSR count). The molecule has 0 aromatic heterocycles. The Labute approximate surface area is 226 Å². The maximum absolute atomic E-state index is 11.0. The molecule has 0 radical (unpaired) electrons. The van der Waals surface area contributed by atoms with Crippen molar-refractivity contribution in [1.82, 2.24) is 0 Å². The molecule has 4 fully saturated rings. The minimum absolute atomic E-state index is 0.116. The highest BCUT2D eigenvalue weighted by Crippen LogP contribution is 2.33. The monoisotopic (exact) mass is 546 g/mol. The summed E-state index contributed by atoms with van der Waals surface area (Å²) >= 11 is 0. The molecule has 39 heavy (non-hydrogen) atoms. The number of fused-ring (bicyclic) bond motifs is 2. The Balaban J connectivity index is 0.000000160. The minimum atomic E-state index is -0.932. The lowest BCUT2D eigenvalue weighted by molar-refractivity contribution is -0.314. The Morgan fingerprint density at radius 2 is 1.18 bits per heavy atom. The number of ether oxygens (including phenoxy) is 7. The minimum Gasteiger partial charge on any atom is -0.457 e. The van der Waals surface area contributed by atoms with Gasteiger partial charge < -0.3 is 48.5 Å². The summed E-state index contributed by atoms with van der Waals surface area (Å²) in [6.45, 7) is 2.24.